The van der Waals surface area contributed by atoms with Crippen molar-refractivity contribution in [3.63, 3.8) is 0 Å². The molecule has 0 saturated heterocycles. The zero-order chi connectivity index (χ0) is 32.3. The van der Waals surface area contributed by atoms with Gasteiger partial charge in [0.2, 0.25) is 5.91 Å². The third-order valence-corrected chi connectivity index (χ3v) is 9.22. The minimum Gasteiger partial charge on any atom is -0.478 e. The molecule has 4 rings (SSSR count). The largest absolute Gasteiger partial charge is 0.478 e. The predicted molar refractivity (Wildman–Crippen MR) is 168 cm³/mol. The topological polar surface area (TPSA) is 95.5 Å². The van der Waals surface area contributed by atoms with E-state index in [0.29, 0.717) is 10.5 Å². The number of nitrogens with one attached hydrogen (secondary N) is 2. The smallest absolute Gasteiger partial charge is 0.418 e. The van der Waals surface area contributed by atoms with Crippen LogP contribution in [0.2, 0.25) is 25.1 Å². The van der Waals surface area contributed by atoms with Crippen LogP contribution in [0.15, 0.2) is 77.7 Å². The third-order valence-electron chi connectivity index (χ3n) is 5.94. The number of thioether (sulfide) groups is 1. The van der Waals surface area contributed by atoms with Crippen LogP contribution in [0.3, 0.4) is 0 Å². The summed E-state index contributed by atoms with van der Waals surface area (Å²) in [6.45, 7) is 0. The Hall–Kier alpha value is -3.12. The average molecular weight is 723 g/mol. The number of hydrogen-bond acceptors (Lipinski definition) is 4. The van der Waals surface area contributed by atoms with E-state index in [9.17, 15) is 32.7 Å². The molecule has 0 spiro atoms. The highest BCUT2D eigenvalue weighted by molar-refractivity contribution is 8.00. The molecule has 0 aliphatic rings. The van der Waals surface area contributed by atoms with Gasteiger partial charge in [-0.05, 0) is 42.0 Å². The van der Waals surface area contributed by atoms with Crippen LogP contribution in [0.5, 0.6) is 0 Å². The molecule has 0 fully saturated rings. The van der Waals surface area contributed by atoms with Crippen LogP contribution in [0, 0.1) is 0 Å². The Morgan fingerprint density at radius 3 is 2.00 bits per heavy atom. The molecule has 228 valence electrons. The number of carbonyl (C=O) groups is 3. The Balaban J connectivity index is 1.65. The summed E-state index contributed by atoms with van der Waals surface area (Å²) in [7, 11) is 0. The number of amides is 2. The Morgan fingerprint density at radius 1 is 0.750 bits per heavy atom. The first-order valence-electron chi connectivity index (χ1n) is 12.1. The van der Waals surface area contributed by atoms with E-state index in [4.69, 9.17) is 58.0 Å². The van der Waals surface area contributed by atoms with Crippen molar-refractivity contribution in [1.29, 1.82) is 0 Å². The lowest BCUT2D eigenvalue weighted by molar-refractivity contribution is -0.137. The van der Waals surface area contributed by atoms with Gasteiger partial charge in [0.25, 0.3) is 5.91 Å². The monoisotopic (exact) mass is 720 g/mol. The summed E-state index contributed by atoms with van der Waals surface area (Å²) in [5.41, 5.74) is -2.12. The van der Waals surface area contributed by atoms with Crippen molar-refractivity contribution >= 4 is 98.9 Å². The number of carbonyl (C=O) groups excluding carboxylic acids is 2. The minimum absolute atomic E-state index is 0.150. The summed E-state index contributed by atoms with van der Waals surface area (Å²) >= 11 is 31.0. The molecule has 0 aliphatic heterocycles. The number of carboxylic acid groups (broad SMARTS) is 1. The van der Waals surface area contributed by atoms with Crippen LogP contribution < -0.4 is 10.6 Å². The van der Waals surface area contributed by atoms with Gasteiger partial charge in [0, 0.05) is 15.6 Å². The lowest BCUT2D eigenvalue weighted by atomic mass is 10.1. The van der Waals surface area contributed by atoms with E-state index in [1.807, 2.05) is 0 Å². The van der Waals surface area contributed by atoms with Gasteiger partial charge in [-0.3, -0.25) is 9.59 Å². The lowest BCUT2D eigenvalue weighted by Crippen LogP contribution is -2.21. The van der Waals surface area contributed by atoms with Gasteiger partial charge in [-0.15, -0.1) is 11.8 Å². The molecule has 0 saturated carbocycles. The van der Waals surface area contributed by atoms with E-state index in [1.165, 1.54) is 18.2 Å². The molecule has 6 nitrogen and oxygen atoms in total. The number of rotatable bonds is 8. The maximum Gasteiger partial charge on any atom is 0.418 e. The summed E-state index contributed by atoms with van der Waals surface area (Å²) in [4.78, 5) is 38.9. The van der Waals surface area contributed by atoms with Crippen molar-refractivity contribution in [2.75, 3.05) is 10.6 Å². The second-order valence-electron chi connectivity index (χ2n) is 8.88. The number of alkyl halides is 3. The van der Waals surface area contributed by atoms with E-state index in [-0.39, 0.29) is 20.8 Å². The van der Waals surface area contributed by atoms with Crippen LogP contribution >= 0.6 is 69.8 Å². The second-order valence-corrected chi connectivity index (χ2v) is 12.0. The van der Waals surface area contributed by atoms with Gasteiger partial charge in [-0.2, -0.15) is 13.2 Å². The molecule has 1 atom stereocenters. The molecule has 15 heteroatoms. The molecule has 0 bridgehead atoms. The summed E-state index contributed by atoms with van der Waals surface area (Å²) in [5.74, 6) is -3.29. The normalized spacial score (nSPS) is 12.0. The van der Waals surface area contributed by atoms with E-state index in [1.54, 1.807) is 42.5 Å². The molecule has 4 aromatic rings. The summed E-state index contributed by atoms with van der Waals surface area (Å²) in [6.07, 6.45) is -4.78. The zero-order valence-electron chi connectivity index (χ0n) is 21.6. The van der Waals surface area contributed by atoms with Gasteiger partial charge in [0.1, 0.15) is 5.25 Å². The molecule has 44 heavy (non-hydrogen) atoms. The quantitative estimate of drug-likeness (QED) is 0.0956. The number of halogens is 8. The molecular weight excluding hydrogens is 707 g/mol. The first kappa shape index (κ1) is 33.8. The Bertz CT molecular complexity index is 1770. The van der Waals surface area contributed by atoms with E-state index < -0.39 is 61.6 Å². The van der Waals surface area contributed by atoms with Crippen LogP contribution in [0.4, 0.5) is 24.5 Å². The molecule has 0 aromatic heterocycles. The van der Waals surface area contributed by atoms with Crippen molar-refractivity contribution in [3.05, 3.63) is 120 Å². The summed E-state index contributed by atoms with van der Waals surface area (Å²) in [6, 6.07) is 17.5. The second kappa shape index (κ2) is 13.9. The maximum absolute atomic E-state index is 13.7. The highest BCUT2D eigenvalue weighted by Crippen LogP contribution is 2.43. The first-order valence-corrected chi connectivity index (χ1v) is 14.9. The molecular formula is C29H16Cl5F3N2O4S. The SMILES string of the molecule is O=C(O)c1c(Cl)c(Cl)c(Cl)c(Cl)c1C(=O)Nc1cccc(SC(C(=O)Nc2ccc(Cl)cc2C(F)(F)F)c2ccccc2)c1. The molecule has 0 radical (unpaired) electrons. The van der Waals surface area contributed by atoms with E-state index in [2.05, 4.69) is 10.6 Å². The fourth-order valence-corrected chi connectivity index (χ4v) is 6.26. The molecule has 4 aromatic carbocycles. The van der Waals surface area contributed by atoms with Crippen molar-refractivity contribution in [1.82, 2.24) is 0 Å². The van der Waals surface area contributed by atoms with Gasteiger partial charge in [-0.25, -0.2) is 4.79 Å². The Labute approximate surface area is 277 Å². The van der Waals surface area contributed by atoms with Crippen LogP contribution in [-0.4, -0.2) is 22.9 Å². The number of aromatic carboxylic acids is 1. The molecule has 1 unspecified atom stereocenters. The standard InChI is InChI=1S/C29H16Cl5F3N2O4S/c30-14-9-10-18(17(11-14)29(35,36)37)39-27(41)25(13-5-2-1-3-6-13)44-16-8-4-7-15(12-16)38-26(40)19-20(28(42)43)22(32)24(34)23(33)21(19)31/h1-12,25H,(H,38,40)(H,39,41)(H,42,43). The van der Waals surface area contributed by atoms with Crippen molar-refractivity contribution < 1.29 is 32.7 Å². The van der Waals surface area contributed by atoms with Gasteiger partial charge in [-0.1, -0.05) is 94.4 Å². The molecule has 2 amide bonds. The van der Waals surface area contributed by atoms with E-state index in [0.717, 1.165) is 23.9 Å². The molecule has 3 N–H and O–H groups in total. The lowest BCUT2D eigenvalue weighted by Gasteiger charge is -2.20. The summed E-state index contributed by atoms with van der Waals surface area (Å²) in [5, 5.41) is 11.8. The molecule has 0 heterocycles. The van der Waals surface area contributed by atoms with Crippen molar-refractivity contribution in [2.45, 2.75) is 16.3 Å². The third kappa shape index (κ3) is 7.56. The predicted octanol–water partition coefficient (Wildman–Crippen LogP) is 10.4. The zero-order valence-corrected chi connectivity index (χ0v) is 26.2. The van der Waals surface area contributed by atoms with Gasteiger partial charge in [0.15, 0.2) is 0 Å². The van der Waals surface area contributed by atoms with Gasteiger partial charge in [0.05, 0.1) is 42.5 Å². The maximum atomic E-state index is 13.7. The minimum atomic E-state index is -4.78. The van der Waals surface area contributed by atoms with Gasteiger partial charge < -0.3 is 15.7 Å². The summed E-state index contributed by atoms with van der Waals surface area (Å²) < 4.78 is 41.0. The average Bonchev–Trinajstić information content (AvgIpc) is 2.97. The number of hydrogen-bond donors (Lipinski definition) is 3. The number of benzene rings is 4. The fraction of sp³-hybridized carbons (Fsp3) is 0.0690. The highest BCUT2D eigenvalue weighted by Gasteiger charge is 2.35. The van der Waals surface area contributed by atoms with E-state index >= 15 is 0 Å². The Morgan fingerprint density at radius 2 is 1.39 bits per heavy atom. The number of anilines is 2. The van der Waals surface area contributed by atoms with Crippen molar-refractivity contribution in [2.24, 2.45) is 0 Å². The molecule has 0 aliphatic carbocycles. The van der Waals surface area contributed by atoms with Crippen LogP contribution in [0.1, 0.15) is 37.1 Å². The Kier molecular flexibility index (Phi) is 10.7. The van der Waals surface area contributed by atoms with Gasteiger partial charge >= 0.3 is 12.1 Å². The fourth-order valence-electron chi connectivity index (χ4n) is 3.98. The van der Waals surface area contributed by atoms with Crippen LogP contribution in [-0.2, 0) is 11.0 Å². The first-order chi connectivity index (χ1) is 20.7. The van der Waals surface area contributed by atoms with Crippen molar-refractivity contribution in [3.8, 4) is 0 Å². The van der Waals surface area contributed by atoms with Crippen LogP contribution in [0.25, 0.3) is 0 Å². The highest BCUT2D eigenvalue weighted by atomic mass is 35.5. The number of carboxylic acids is 1.